The molecular formula is C24H23NO4. The highest BCUT2D eigenvalue weighted by atomic mass is 16.6. The molecule has 0 spiro atoms. The maximum absolute atomic E-state index is 13.0. The summed E-state index contributed by atoms with van der Waals surface area (Å²) in [5.74, 6) is -0.489. The van der Waals surface area contributed by atoms with Crippen LogP contribution < -0.4 is 10.1 Å². The zero-order chi connectivity index (χ0) is 20.6. The first-order valence-electron chi connectivity index (χ1n) is 9.33. The molecule has 1 N–H and O–H groups in total. The minimum absolute atomic E-state index is 0.288. The summed E-state index contributed by atoms with van der Waals surface area (Å²) in [6.45, 7) is 3.57. The van der Waals surface area contributed by atoms with Crippen molar-refractivity contribution in [3.8, 4) is 5.75 Å². The lowest BCUT2D eigenvalue weighted by molar-refractivity contribution is -0.156. The molecular weight excluding hydrogens is 366 g/mol. The van der Waals surface area contributed by atoms with E-state index >= 15 is 0 Å². The average molecular weight is 389 g/mol. The molecule has 3 aromatic rings. The largest absolute Gasteiger partial charge is 0.482 e. The summed E-state index contributed by atoms with van der Waals surface area (Å²) in [7, 11) is 0. The Morgan fingerprint density at radius 3 is 2.24 bits per heavy atom. The highest BCUT2D eigenvalue weighted by Crippen LogP contribution is 2.23. The van der Waals surface area contributed by atoms with Gasteiger partial charge in [-0.25, -0.2) is 4.79 Å². The van der Waals surface area contributed by atoms with Crippen molar-refractivity contribution in [3.63, 3.8) is 0 Å². The molecule has 0 aliphatic carbocycles. The Hall–Kier alpha value is -3.60. The molecule has 0 fully saturated rings. The number of hydrogen-bond acceptors (Lipinski definition) is 4. The van der Waals surface area contributed by atoms with Crippen LogP contribution in [0.5, 0.6) is 5.75 Å². The van der Waals surface area contributed by atoms with Gasteiger partial charge >= 0.3 is 5.97 Å². The Bertz CT molecular complexity index is 971. The van der Waals surface area contributed by atoms with Crippen LogP contribution in [0.25, 0.3) is 0 Å². The van der Waals surface area contributed by atoms with Crippen molar-refractivity contribution in [2.24, 2.45) is 0 Å². The van der Waals surface area contributed by atoms with Gasteiger partial charge in [0.25, 0.3) is 5.91 Å². The fourth-order valence-corrected chi connectivity index (χ4v) is 2.79. The second kappa shape index (κ2) is 9.55. The van der Waals surface area contributed by atoms with Gasteiger partial charge in [0.2, 0.25) is 6.10 Å². The molecule has 0 heterocycles. The first-order chi connectivity index (χ1) is 14.0. The van der Waals surface area contributed by atoms with E-state index in [9.17, 15) is 9.59 Å². The van der Waals surface area contributed by atoms with E-state index in [0.29, 0.717) is 17.0 Å². The summed E-state index contributed by atoms with van der Waals surface area (Å²) >= 11 is 0. The predicted octanol–water partition coefficient (Wildman–Crippen LogP) is 4.61. The van der Waals surface area contributed by atoms with Crippen LogP contribution in [0.4, 0.5) is 5.69 Å². The molecule has 5 heteroatoms. The standard InChI is InChI=1S/C24H23NO4/c1-17-13-14-18(2)21(15-17)25-24(27)23(19-9-5-3-6-10-19)29-22(26)16-28-20-11-7-4-8-12-20/h3-15,23H,16H2,1-2H3,(H,25,27)/t23-/m0/s1. The molecule has 0 aliphatic heterocycles. The molecule has 3 aromatic carbocycles. The molecule has 1 atom stereocenters. The van der Waals surface area contributed by atoms with Gasteiger partial charge in [0.1, 0.15) is 5.75 Å². The van der Waals surface area contributed by atoms with E-state index in [1.165, 1.54) is 0 Å². The van der Waals surface area contributed by atoms with Crippen LogP contribution in [0.15, 0.2) is 78.9 Å². The Morgan fingerprint density at radius 1 is 0.897 bits per heavy atom. The van der Waals surface area contributed by atoms with Crippen molar-refractivity contribution < 1.29 is 19.1 Å². The van der Waals surface area contributed by atoms with Crippen LogP contribution in [-0.2, 0) is 14.3 Å². The SMILES string of the molecule is Cc1ccc(C)c(NC(=O)[C@@H](OC(=O)COc2ccccc2)c2ccccc2)c1. The maximum atomic E-state index is 13.0. The summed E-state index contributed by atoms with van der Waals surface area (Å²) in [6.07, 6.45) is -1.08. The number of ether oxygens (including phenoxy) is 2. The van der Waals surface area contributed by atoms with Crippen molar-refractivity contribution in [3.05, 3.63) is 95.6 Å². The van der Waals surface area contributed by atoms with Crippen molar-refractivity contribution in [1.29, 1.82) is 0 Å². The number of hydrogen-bond donors (Lipinski definition) is 1. The highest BCUT2D eigenvalue weighted by molar-refractivity contribution is 5.96. The number of aryl methyl sites for hydroxylation is 2. The molecule has 148 valence electrons. The Balaban J connectivity index is 1.73. The summed E-state index contributed by atoms with van der Waals surface area (Å²) in [6, 6.07) is 23.7. The van der Waals surface area contributed by atoms with Gasteiger partial charge in [-0.2, -0.15) is 0 Å². The van der Waals surface area contributed by atoms with E-state index in [4.69, 9.17) is 9.47 Å². The van der Waals surface area contributed by atoms with E-state index in [1.807, 2.05) is 56.3 Å². The smallest absolute Gasteiger partial charge is 0.345 e. The van der Waals surface area contributed by atoms with Crippen molar-refractivity contribution >= 4 is 17.6 Å². The topological polar surface area (TPSA) is 64.6 Å². The molecule has 5 nitrogen and oxygen atoms in total. The van der Waals surface area contributed by atoms with Crippen LogP contribution in [0.2, 0.25) is 0 Å². The third-order valence-electron chi connectivity index (χ3n) is 4.34. The lowest BCUT2D eigenvalue weighted by Crippen LogP contribution is -2.28. The summed E-state index contributed by atoms with van der Waals surface area (Å²) < 4.78 is 10.9. The Morgan fingerprint density at radius 2 is 1.55 bits per heavy atom. The fraction of sp³-hybridized carbons (Fsp3) is 0.167. The minimum Gasteiger partial charge on any atom is -0.482 e. The van der Waals surface area contributed by atoms with Gasteiger partial charge in [0.15, 0.2) is 6.61 Å². The number of anilines is 1. The number of para-hydroxylation sites is 1. The Labute approximate surface area is 170 Å². The molecule has 0 radical (unpaired) electrons. The molecule has 0 aromatic heterocycles. The number of esters is 1. The van der Waals surface area contributed by atoms with Gasteiger partial charge in [0, 0.05) is 11.3 Å². The quantitative estimate of drug-likeness (QED) is 0.600. The maximum Gasteiger partial charge on any atom is 0.345 e. The van der Waals surface area contributed by atoms with Crippen LogP contribution in [0.1, 0.15) is 22.8 Å². The van der Waals surface area contributed by atoms with E-state index in [1.54, 1.807) is 36.4 Å². The molecule has 1 amide bonds. The van der Waals surface area contributed by atoms with Crippen molar-refractivity contribution in [2.75, 3.05) is 11.9 Å². The molecule has 0 unspecified atom stereocenters. The third-order valence-corrected chi connectivity index (χ3v) is 4.34. The Kier molecular flexibility index (Phi) is 6.63. The highest BCUT2D eigenvalue weighted by Gasteiger charge is 2.25. The number of carbonyl (C=O) groups excluding carboxylic acids is 2. The van der Waals surface area contributed by atoms with Gasteiger partial charge in [0.05, 0.1) is 0 Å². The summed E-state index contributed by atoms with van der Waals surface area (Å²) in [5.41, 5.74) is 3.22. The number of benzene rings is 3. The summed E-state index contributed by atoms with van der Waals surface area (Å²) in [5, 5.41) is 2.87. The van der Waals surface area contributed by atoms with Crippen LogP contribution in [0, 0.1) is 13.8 Å². The van der Waals surface area contributed by atoms with Crippen LogP contribution in [0.3, 0.4) is 0 Å². The predicted molar refractivity (Wildman–Crippen MR) is 112 cm³/mol. The van der Waals surface area contributed by atoms with Crippen molar-refractivity contribution in [1.82, 2.24) is 0 Å². The molecule has 0 saturated carbocycles. The molecule has 3 rings (SSSR count). The van der Waals surface area contributed by atoms with Crippen LogP contribution >= 0.6 is 0 Å². The molecule has 0 bridgehead atoms. The fourth-order valence-electron chi connectivity index (χ4n) is 2.79. The number of rotatable bonds is 7. The first kappa shape index (κ1) is 20.1. The van der Waals surface area contributed by atoms with E-state index in [0.717, 1.165) is 11.1 Å². The molecule has 0 saturated heterocycles. The normalized spacial score (nSPS) is 11.4. The van der Waals surface area contributed by atoms with E-state index < -0.39 is 18.0 Å². The van der Waals surface area contributed by atoms with Gasteiger partial charge < -0.3 is 14.8 Å². The van der Waals surface area contributed by atoms with Gasteiger partial charge in [-0.05, 0) is 43.2 Å². The zero-order valence-corrected chi connectivity index (χ0v) is 16.4. The lowest BCUT2D eigenvalue weighted by atomic mass is 10.1. The first-order valence-corrected chi connectivity index (χ1v) is 9.33. The number of carbonyl (C=O) groups is 2. The van der Waals surface area contributed by atoms with Gasteiger partial charge in [-0.3, -0.25) is 4.79 Å². The number of nitrogens with one attached hydrogen (secondary N) is 1. The van der Waals surface area contributed by atoms with E-state index in [2.05, 4.69) is 5.32 Å². The zero-order valence-electron chi connectivity index (χ0n) is 16.4. The van der Waals surface area contributed by atoms with Gasteiger partial charge in [-0.1, -0.05) is 60.7 Å². The number of amides is 1. The van der Waals surface area contributed by atoms with Crippen molar-refractivity contribution in [2.45, 2.75) is 20.0 Å². The molecule has 0 aliphatic rings. The minimum atomic E-state index is -1.08. The molecule has 29 heavy (non-hydrogen) atoms. The summed E-state index contributed by atoms with van der Waals surface area (Å²) in [4.78, 5) is 25.3. The second-order valence-corrected chi connectivity index (χ2v) is 6.69. The monoisotopic (exact) mass is 389 g/mol. The van der Waals surface area contributed by atoms with Crippen LogP contribution in [-0.4, -0.2) is 18.5 Å². The second-order valence-electron chi connectivity index (χ2n) is 6.69. The lowest BCUT2D eigenvalue weighted by Gasteiger charge is -2.19. The van der Waals surface area contributed by atoms with Gasteiger partial charge in [-0.15, -0.1) is 0 Å². The average Bonchev–Trinajstić information content (AvgIpc) is 2.74. The van der Waals surface area contributed by atoms with E-state index in [-0.39, 0.29) is 6.61 Å². The third kappa shape index (κ3) is 5.69.